The van der Waals surface area contributed by atoms with Crippen molar-refractivity contribution < 1.29 is 0 Å². The number of amidine groups is 1. The second-order valence-corrected chi connectivity index (χ2v) is 1.94. The van der Waals surface area contributed by atoms with E-state index in [1.807, 2.05) is 6.92 Å². The Balaban J connectivity index is 3.39. The lowest BCUT2D eigenvalue weighted by Gasteiger charge is -2.01. The highest BCUT2D eigenvalue weighted by molar-refractivity contribution is 5.87. The van der Waals surface area contributed by atoms with Crippen molar-refractivity contribution in [1.82, 2.24) is 5.32 Å². The van der Waals surface area contributed by atoms with Gasteiger partial charge in [-0.05, 0) is 13.8 Å². The maximum Gasteiger partial charge on any atom is 0.0931 e. The molecule has 0 aliphatic carbocycles. The Morgan fingerprint density at radius 1 is 1.56 bits per heavy atom. The van der Waals surface area contributed by atoms with Crippen molar-refractivity contribution in [3.8, 4) is 0 Å². The van der Waals surface area contributed by atoms with Crippen LogP contribution < -0.4 is 5.32 Å². The molecular formula is C6H13N3. The fourth-order valence-corrected chi connectivity index (χ4v) is 0.340. The molecule has 0 fully saturated rings. The van der Waals surface area contributed by atoms with Crippen LogP contribution in [0.25, 0.3) is 0 Å². The molecule has 0 aromatic rings. The lowest BCUT2D eigenvalue weighted by molar-refractivity contribution is 1.04. The second kappa shape index (κ2) is 4.06. The van der Waals surface area contributed by atoms with Gasteiger partial charge in [-0.25, -0.2) is 0 Å². The highest BCUT2D eigenvalue weighted by Crippen LogP contribution is 1.69. The summed E-state index contributed by atoms with van der Waals surface area (Å²) in [4.78, 5) is 3.87. The molecular weight excluding hydrogens is 114 g/mol. The van der Waals surface area contributed by atoms with Crippen LogP contribution in [0.15, 0.2) is 4.99 Å². The number of hydrogen-bond acceptors (Lipinski definition) is 2. The van der Waals surface area contributed by atoms with E-state index < -0.39 is 0 Å². The molecule has 0 radical (unpaired) electrons. The molecule has 0 aromatic heterocycles. The first-order chi connectivity index (χ1) is 4.16. The van der Waals surface area contributed by atoms with Crippen molar-refractivity contribution in [3.63, 3.8) is 0 Å². The van der Waals surface area contributed by atoms with Gasteiger partial charge in [0.1, 0.15) is 0 Å². The Bertz CT molecular complexity index is 126. The van der Waals surface area contributed by atoms with Gasteiger partial charge >= 0.3 is 0 Å². The second-order valence-electron chi connectivity index (χ2n) is 1.94. The Labute approximate surface area is 55.7 Å². The predicted octanol–water partition coefficient (Wildman–Crippen LogP) is 0.664. The number of nitrogens with zero attached hydrogens (tertiary/aromatic N) is 1. The van der Waals surface area contributed by atoms with Crippen molar-refractivity contribution in [2.24, 2.45) is 4.99 Å². The van der Waals surface area contributed by atoms with E-state index >= 15 is 0 Å². The molecule has 0 aliphatic heterocycles. The van der Waals surface area contributed by atoms with E-state index in [1.165, 1.54) is 0 Å². The normalized spacial score (nSPS) is 11.2. The largest absolute Gasteiger partial charge is 0.369 e. The van der Waals surface area contributed by atoms with Gasteiger partial charge in [0.15, 0.2) is 0 Å². The average Bonchev–Trinajstić information content (AvgIpc) is 1.83. The van der Waals surface area contributed by atoms with Crippen molar-refractivity contribution in [2.45, 2.75) is 13.8 Å². The van der Waals surface area contributed by atoms with Crippen LogP contribution in [0, 0.1) is 5.41 Å². The fraction of sp³-hybridized carbons (Fsp3) is 0.667. The lowest BCUT2D eigenvalue weighted by Crippen LogP contribution is -2.25. The minimum absolute atomic E-state index is 0.600. The lowest BCUT2D eigenvalue weighted by atomic mass is 10.4. The summed E-state index contributed by atoms with van der Waals surface area (Å²) in [6.45, 7) is 4.24. The maximum atomic E-state index is 7.05. The SMILES string of the molecule is CN=C(C)NCC(C)=N. The van der Waals surface area contributed by atoms with Crippen LogP contribution in [0.3, 0.4) is 0 Å². The van der Waals surface area contributed by atoms with Gasteiger partial charge in [0.2, 0.25) is 0 Å². The summed E-state index contributed by atoms with van der Waals surface area (Å²) in [5.41, 5.74) is 0.623. The fourth-order valence-electron chi connectivity index (χ4n) is 0.340. The Morgan fingerprint density at radius 2 is 2.11 bits per heavy atom. The molecule has 0 amide bonds. The first-order valence-corrected chi connectivity index (χ1v) is 2.88. The van der Waals surface area contributed by atoms with Crippen LogP contribution in [0.2, 0.25) is 0 Å². The summed E-state index contributed by atoms with van der Waals surface area (Å²) in [6, 6.07) is 0. The van der Waals surface area contributed by atoms with E-state index in [0.29, 0.717) is 12.3 Å². The van der Waals surface area contributed by atoms with Gasteiger partial charge in [-0.3, -0.25) is 4.99 Å². The summed E-state index contributed by atoms with van der Waals surface area (Å²) in [6.07, 6.45) is 0. The summed E-state index contributed by atoms with van der Waals surface area (Å²) >= 11 is 0. The molecule has 3 heteroatoms. The molecule has 2 N–H and O–H groups in total. The van der Waals surface area contributed by atoms with Crippen molar-refractivity contribution in [3.05, 3.63) is 0 Å². The molecule has 0 aliphatic rings. The molecule has 0 saturated carbocycles. The quantitative estimate of drug-likeness (QED) is 0.415. The molecule has 0 atom stereocenters. The van der Waals surface area contributed by atoms with E-state index in [4.69, 9.17) is 5.41 Å². The minimum atomic E-state index is 0.600. The standard InChI is InChI=1S/C6H13N3/c1-5(7)4-9-6(2)8-3/h7H,4H2,1-3H3,(H,8,9). The smallest absolute Gasteiger partial charge is 0.0931 e. The van der Waals surface area contributed by atoms with Crippen LogP contribution in [0.4, 0.5) is 0 Å². The molecule has 0 unspecified atom stereocenters. The van der Waals surface area contributed by atoms with Crippen LogP contribution in [-0.4, -0.2) is 25.1 Å². The van der Waals surface area contributed by atoms with E-state index in [1.54, 1.807) is 14.0 Å². The summed E-state index contributed by atoms with van der Waals surface area (Å²) in [5, 5.41) is 10.0. The van der Waals surface area contributed by atoms with Crippen LogP contribution >= 0.6 is 0 Å². The van der Waals surface area contributed by atoms with E-state index in [0.717, 1.165) is 5.84 Å². The number of nitrogens with one attached hydrogen (secondary N) is 2. The molecule has 0 rings (SSSR count). The maximum absolute atomic E-state index is 7.05. The van der Waals surface area contributed by atoms with Crippen LogP contribution in [0.1, 0.15) is 13.8 Å². The third-order valence-electron chi connectivity index (χ3n) is 0.945. The van der Waals surface area contributed by atoms with Crippen molar-refractivity contribution >= 4 is 11.5 Å². The highest BCUT2D eigenvalue weighted by Gasteiger charge is 1.87. The molecule has 9 heavy (non-hydrogen) atoms. The van der Waals surface area contributed by atoms with Gasteiger partial charge in [0.25, 0.3) is 0 Å². The van der Waals surface area contributed by atoms with E-state index in [2.05, 4.69) is 10.3 Å². The van der Waals surface area contributed by atoms with Crippen molar-refractivity contribution in [2.75, 3.05) is 13.6 Å². The van der Waals surface area contributed by atoms with Gasteiger partial charge in [0, 0.05) is 12.8 Å². The Morgan fingerprint density at radius 3 is 2.44 bits per heavy atom. The molecule has 52 valence electrons. The van der Waals surface area contributed by atoms with E-state index in [-0.39, 0.29) is 0 Å². The first-order valence-electron chi connectivity index (χ1n) is 2.88. The third kappa shape index (κ3) is 5.00. The zero-order chi connectivity index (χ0) is 7.28. The van der Waals surface area contributed by atoms with Crippen LogP contribution in [0.5, 0.6) is 0 Å². The van der Waals surface area contributed by atoms with Gasteiger partial charge in [0.05, 0.1) is 12.4 Å². The van der Waals surface area contributed by atoms with Crippen molar-refractivity contribution in [1.29, 1.82) is 5.41 Å². The Hall–Kier alpha value is -0.860. The number of hydrogen-bond donors (Lipinski definition) is 2. The minimum Gasteiger partial charge on any atom is -0.369 e. The monoisotopic (exact) mass is 127 g/mol. The summed E-state index contributed by atoms with van der Waals surface area (Å²) in [5.74, 6) is 0.876. The zero-order valence-corrected chi connectivity index (χ0v) is 6.15. The molecule has 0 heterocycles. The van der Waals surface area contributed by atoms with Gasteiger partial charge in [-0.2, -0.15) is 0 Å². The molecule has 0 spiro atoms. The summed E-state index contributed by atoms with van der Waals surface area (Å²) < 4.78 is 0. The van der Waals surface area contributed by atoms with Crippen LogP contribution in [-0.2, 0) is 0 Å². The molecule has 0 aromatic carbocycles. The third-order valence-corrected chi connectivity index (χ3v) is 0.945. The van der Waals surface area contributed by atoms with E-state index in [9.17, 15) is 0 Å². The molecule has 0 bridgehead atoms. The molecule has 3 nitrogen and oxygen atoms in total. The average molecular weight is 127 g/mol. The van der Waals surface area contributed by atoms with Gasteiger partial charge in [-0.1, -0.05) is 0 Å². The van der Waals surface area contributed by atoms with Gasteiger partial charge in [-0.15, -0.1) is 0 Å². The topological polar surface area (TPSA) is 48.2 Å². The molecule has 0 saturated heterocycles. The predicted molar refractivity (Wildman–Crippen MR) is 40.4 cm³/mol. The van der Waals surface area contributed by atoms with Gasteiger partial charge < -0.3 is 10.7 Å². The number of rotatable bonds is 2. The first kappa shape index (κ1) is 8.14. The Kier molecular flexibility index (Phi) is 3.67. The highest BCUT2D eigenvalue weighted by atomic mass is 15.0. The summed E-state index contributed by atoms with van der Waals surface area (Å²) in [7, 11) is 1.72. The number of aliphatic imine (C=N–C) groups is 1. The zero-order valence-electron chi connectivity index (χ0n) is 6.15.